The first-order valence-electron chi connectivity index (χ1n) is 8.10. The first-order valence-corrected chi connectivity index (χ1v) is 8.10. The van der Waals surface area contributed by atoms with Crippen LogP contribution in [0, 0.1) is 0 Å². The van der Waals surface area contributed by atoms with Crippen LogP contribution in [-0.2, 0) is 11.2 Å². The summed E-state index contributed by atoms with van der Waals surface area (Å²) in [4.78, 5) is 22.4. The molecule has 0 fully saturated rings. The zero-order valence-electron chi connectivity index (χ0n) is 16.3. The van der Waals surface area contributed by atoms with E-state index in [-0.39, 0.29) is 20.3 Å². The topological polar surface area (TPSA) is 84.8 Å². The molecule has 0 saturated heterocycles. The Labute approximate surface area is 169 Å². The van der Waals surface area contributed by atoms with E-state index in [0.29, 0.717) is 34.6 Å². The predicted octanol–water partition coefficient (Wildman–Crippen LogP) is -0.0891. The van der Waals surface area contributed by atoms with Crippen molar-refractivity contribution in [2.45, 2.75) is 12.5 Å². The van der Waals surface area contributed by atoms with Crippen molar-refractivity contribution >= 4 is 28.4 Å². The van der Waals surface area contributed by atoms with E-state index in [4.69, 9.17) is 9.47 Å². The number of benzene rings is 2. The van der Waals surface area contributed by atoms with Crippen molar-refractivity contribution in [2.75, 3.05) is 19.1 Å². The summed E-state index contributed by atoms with van der Waals surface area (Å²) < 4.78 is 10.7. The summed E-state index contributed by atoms with van der Waals surface area (Å²) in [6.45, 7) is 0. The molecule has 0 bridgehead atoms. The van der Waals surface area contributed by atoms with E-state index in [0.717, 1.165) is 11.3 Å². The van der Waals surface area contributed by atoms with Crippen LogP contribution in [0.2, 0.25) is 0 Å². The third-order valence-corrected chi connectivity index (χ3v) is 4.61. The molecule has 1 aliphatic rings. The third-order valence-electron chi connectivity index (χ3n) is 4.61. The Hall–Kier alpha value is -2.75. The molecule has 0 amide bonds. The molecule has 4 rings (SSSR count). The molecule has 1 aromatic heterocycles. The minimum absolute atomic E-state index is 0. The Morgan fingerprint density at radius 2 is 1.89 bits per heavy atom. The molecule has 0 radical (unpaired) electrons. The molecule has 0 spiro atoms. The molecule has 7 nitrogen and oxygen atoms in total. The molecule has 8 heteroatoms. The van der Waals surface area contributed by atoms with Crippen LogP contribution in [0.4, 0.5) is 11.5 Å². The standard InChI is InChI=1S/C19H17N3O4.Li.H/c1-25-16-8-12-13(9-17(16)26-2)20-10-21-18(12)22-14-6-4-3-5-11(14)7-15(22)19(23)24;;/h3-6,8-10,15H,7H2,1-2H3,(H,23,24);;/q;+1;-1. The second kappa shape index (κ2) is 7.47. The van der Waals surface area contributed by atoms with E-state index in [2.05, 4.69) is 9.97 Å². The van der Waals surface area contributed by atoms with Crippen LogP contribution < -0.4 is 33.2 Å². The Balaban J connectivity index is 0.00000140. The van der Waals surface area contributed by atoms with E-state index in [1.54, 1.807) is 31.3 Å². The zero-order chi connectivity index (χ0) is 18.3. The quantitative estimate of drug-likeness (QED) is 0.652. The van der Waals surface area contributed by atoms with E-state index < -0.39 is 12.0 Å². The summed E-state index contributed by atoms with van der Waals surface area (Å²) in [5.41, 5.74) is 2.47. The fourth-order valence-corrected chi connectivity index (χ4v) is 3.41. The van der Waals surface area contributed by atoms with Gasteiger partial charge in [0.2, 0.25) is 0 Å². The molecule has 0 aliphatic carbocycles. The SMILES string of the molecule is COc1cc2ncnc(N3c4ccccc4CC3C(=O)O)c2cc1OC.[H-].[Li+]. The number of para-hydroxylation sites is 1. The van der Waals surface area contributed by atoms with Gasteiger partial charge in [-0.15, -0.1) is 0 Å². The molecule has 1 atom stereocenters. The molecule has 27 heavy (non-hydrogen) atoms. The molecule has 0 saturated carbocycles. The van der Waals surface area contributed by atoms with Crippen LogP contribution in [0.25, 0.3) is 10.9 Å². The van der Waals surface area contributed by atoms with E-state index in [1.165, 1.54) is 6.33 Å². The normalized spacial score (nSPS) is 15.2. The van der Waals surface area contributed by atoms with Gasteiger partial charge in [-0.2, -0.15) is 0 Å². The Morgan fingerprint density at radius 3 is 2.59 bits per heavy atom. The number of carbonyl (C=O) groups is 1. The Kier molecular flexibility index (Phi) is 5.26. The van der Waals surface area contributed by atoms with Crippen molar-refractivity contribution in [2.24, 2.45) is 0 Å². The van der Waals surface area contributed by atoms with Crippen LogP contribution in [-0.4, -0.2) is 41.3 Å². The number of hydrogen-bond donors (Lipinski definition) is 1. The maximum atomic E-state index is 11.9. The molecule has 2 heterocycles. The van der Waals surface area contributed by atoms with Gasteiger partial charge in [0.25, 0.3) is 0 Å². The maximum Gasteiger partial charge on any atom is 1.00 e. The average Bonchev–Trinajstić information content (AvgIpc) is 3.06. The fraction of sp³-hybridized carbons (Fsp3) is 0.211. The molecule has 2 aromatic carbocycles. The minimum Gasteiger partial charge on any atom is -1.00 e. The molecule has 1 N–H and O–H groups in total. The van der Waals surface area contributed by atoms with Gasteiger partial charge in [0.05, 0.1) is 19.7 Å². The van der Waals surface area contributed by atoms with Crippen molar-refractivity contribution in [1.29, 1.82) is 0 Å². The average molecular weight is 359 g/mol. The number of fused-ring (bicyclic) bond motifs is 2. The molecular formula is C19H18LiN3O4. The van der Waals surface area contributed by atoms with Crippen LogP contribution in [0.3, 0.4) is 0 Å². The number of nitrogens with zero attached hydrogens (tertiary/aromatic N) is 3. The maximum absolute atomic E-state index is 11.9. The largest absolute Gasteiger partial charge is 1.00 e. The Bertz CT molecular complexity index is 1020. The monoisotopic (exact) mass is 359 g/mol. The smallest absolute Gasteiger partial charge is 1.00 e. The van der Waals surface area contributed by atoms with Crippen LogP contribution in [0.5, 0.6) is 11.5 Å². The van der Waals surface area contributed by atoms with Gasteiger partial charge in [0, 0.05) is 23.6 Å². The van der Waals surface area contributed by atoms with Gasteiger partial charge < -0.3 is 20.9 Å². The van der Waals surface area contributed by atoms with Gasteiger partial charge >= 0.3 is 24.8 Å². The van der Waals surface area contributed by atoms with Crippen molar-refractivity contribution in [3.05, 3.63) is 48.3 Å². The third kappa shape index (κ3) is 3.09. The zero-order valence-corrected chi connectivity index (χ0v) is 15.3. The van der Waals surface area contributed by atoms with Gasteiger partial charge in [-0.1, -0.05) is 18.2 Å². The predicted molar refractivity (Wildman–Crippen MR) is 97.5 cm³/mol. The number of rotatable bonds is 4. The number of carboxylic acid groups (broad SMARTS) is 1. The van der Waals surface area contributed by atoms with E-state index >= 15 is 0 Å². The van der Waals surface area contributed by atoms with Gasteiger partial charge in [-0.05, 0) is 17.7 Å². The molecule has 1 aliphatic heterocycles. The van der Waals surface area contributed by atoms with Crippen LogP contribution in [0.15, 0.2) is 42.7 Å². The molecular weight excluding hydrogens is 341 g/mol. The molecule has 1 unspecified atom stereocenters. The fourth-order valence-electron chi connectivity index (χ4n) is 3.41. The number of aliphatic carboxylic acids is 1. The van der Waals surface area contributed by atoms with E-state index in [1.807, 2.05) is 24.3 Å². The summed E-state index contributed by atoms with van der Waals surface area (Å²) in [6, 6.07) is 10.5. The number of methoxy groups -OCH3 is 2. The van der Waals surface area contributed by atoms with Gasteiger partial charge in [0.1, 0.15) is 18.2 Å². The van der Waals surface area contributed by atoms with Gasteiger partial charge in [-0.3, -0.25) is 0 Å². The second-order valence-corrected chi connectivity index (χ2v) is 5.98. The van der Waals surface area contributed by atoms with Crippen molar-refractivity contribution in [3.8, 4) is 11.5 Å². The van der Waals surface area contributed by atoms with Gasteiger partial charge in [-0.25, -0.2) is 14.8 Å². The van der Waals surface area contributed by atoms with Crippen LogP contribution in [0.1, 0.15) is 6.99 Å². The number of aromatic nitrogens is 2. The number of anilines is 2. The summed E-state index contributed by atoms with van der Waals surface area (Å²) in [5, 5.41) is 10.4. The van der Waals surface area contributed by atoms with Crippen LogP contribution >= 0.6 is 0 Å². The minimum atomic E-state index is -0.895. The first-order chi connectivity index (χ1) is 12.6. The summed E-state index contributed by atoms with van der Waals surface area (Å²) >= 11 is 0. The van der Waals surface area contributed by atoms with Crippen molar-refractivity contribution < 1.29 is 39.7 Å². The number of carboxylic acids is 1. The summed E-state index contributed by atoms with van der Waals surface area (Å²) in [6.07, 6.45) is 1.85. The number of ether oxygens (including phenoxy) is 2. The second-order valence-electron chi connectivity index (χ2n) is 5.98. The summed E-state index contributed by atoms with van der Waals surface area (Å²) in [7, 11) is 3.11. The van der Waals surface area contributed by atoms with Crippen molar-refractivity contribution in [1.82, 2.24) is 9.97 Å². The molecule has 134 valence electrons. The first kappa shape index (κ1) is 19.0. The Morgan fingerprint density at radius 1 is 1.19 bits per heavy atom. The van der Waals surface area contributed by atoms with E-state index in [9.17, 15) is 9.90 Å². The summed E-state index contributed by atoms with van der Waals surface area (Å²) in [5.74, 6) is 0.735. The van der Waals surface area contributed by atoms with Gasteiger partial charge in [0.15, 0.2) is 11.5 Å². The molecule has 3 aromatic rings. The van der Waals surface area contributed by atoms with Crippen molar-refractivity contribution in [3.63, 3.8) is 0 Å². The number of hydrogen-bond acceptors (Lipinski definition) is 6.